The van der Waals surface area contributed by atoms with Crippen LogP contribution in [-0.4, -0.2) is 170 Å². The molecular weight excluding hydrogens is 995 g/mol. The van der Waals surface area contributed by atoms with Crippen LogP contribution >= 0.6 is 0 Å². The molecule has 2 heterocycles. The van der Waals surface area contributed by atoms with E-state index < -0.39 is 110 Å². The number of Topliss-reactive ketones (excluding diaryl/α,β-unsaturated/α-hetero) is 1. The van der Waals surface area contributed by atoms with Crippen LogP contribution in [0.4, 0.5) is 0 Å². The third-order valence-corrected chi connectivity index (χ3v) is 21.6. The number of ketones is 1. The van der Waals surface area contributed by atoms with Crippen molar-refractivity contribution in [3.8, 4) is 0 Å². The Kier molecular flexibility index (Phi) is 20.8. The summed E-state index contributed by atoms with van der Waals surface area (Å²) < 4.78 is 38.3. The van der Waals surface area contributed by atoms with Gasteiger partial charge in [0.15, 0.2) is 18.7 Å². The number of fused-ring (bicyclic) bond motifs is 5. The van der Waals surface area contributed by atoms with Crippen LogP contribution in [0.5, 0.6) is 0 Å². The topological polar surface area (TPSA) is 280 Å². The first kappa shape index (κ1) is 61.2. The van der Waals surface area contributed by atoms with Gasteiger partial charge in [-0.1, -0.05) is 86.0 Å². The SMILES string of the molecule is CCC[C@@H](C)[C@H]1CC[C@H]2[C@@H]3[C@H](O)C[C@@H]4C[C@H](OCCCC(=O)C5C[C@@H](CC)[C@@H](OC6O[C@@H](C)[C@H](O)C(O)[C@@H]6O)[C@H](O[C@@H]6O[C@@H](CO)[C@H](O)C(O[C@@H](CC7CCCCC7)C(=O)O)C6NC(C)=O)C5)CC[C@]4(C)[C@H]3C[C@H](O)[C@]12C. The highest BCUT2D eigenvalue weighted by Gasteiger charge is 2.66. The molecule has 6 aliphatic carbocycles. The number of rotatable bonds is 21. The Hall–Kier alpha value is -1.91. The molecule has 18 heteroatoms. The van der Waals surface area contributed by atoms with Gasteiger partial charge in [-0.15, -0.1) is 0 Å². The van der Waals surface area contributed by atoms with Crippen molar-refractivity contribution in [1.82, 2.24) is 5.32 Å². The third kappa shape index (κ3) is 12.9. The molecule has 8 rings (SSSR count). The number of carbonyl (C=O) groups is 3. The Morgan fingerprint density at radius 1 is 0.805 bits per heavy atom. The van der Waals surface area contributed by atoms with Crippen LogP contribution in [0, 0.1) is 64.1 Å². The maximum absolute atomic E-state index is 14.4. The molecular formula is C59H99NO17. The van der Waals surface area contributed by atoms with E-state index in [0.29, 0.717) is 43.6 Å². The molecule has 0 radical (unpaired) electrons. The van der Waals surface area contributed by atoms with Gasteiger partial charge < -0.3 is 74.6 Å². The Labute approximate surface area is 457 Å². The lowest BCUT2D eigenvalue weighted by Crippen LogP contribution is -2.67. The molecule has 0 spiro atoms. The summed E-state index contributed by atoms with van der Waals surface area (Å²) >= 11 is 0. The predicted octanol–water partition coefficient (Wildman–Crippen LogP) is 5.18. The normalized spacial score (nSPS) is 46.3. The molecule has 0 aromatic carbocycles. The van der Waals surface area contributed by atoms with E-state index in [-0.39, 0.29) is 77.7 Å². The fourth-order valence-electron chi connectivity index (χ4n) is 17.2. The van der Waals surface area contributed by atoms with Crippen molar-refractivity contribution in [2.45, 2.75) is 275 Å². The van der Waals surface area contributed by atoms with E-state index in [1.165, 1.54) is 6.92 Å². The van der Waals surface area contributed by atoms with Crippen molar-refractivity contribution >= 4 is 17.7 Å². The van der Waals surface area contributed by atoms with Gasteiger partial charge in [0.2, 0.25) is 5.91 Å². The van der Waals surface area contributed by atoms with E-state index in [0.717, 1.165) is 89.9 Å². The number of nitrogens with one attached hydrogen (secondary N) is 1. The highest BCUT2D eigenvalue weighted by molar-refractivity contribution is 5.81. The van der Waals surface area contributed by atoms with Gasteiger partial charge in [-0.05, 0) is 136 Å². The number of carboxylic acids is 1. The molecule has 8 aliphatic rings. The molecule has 8 fully saturated rings. The fourth-order valence-corrected chi connectivity index (χ4v) is 17.2. The minimum Gasteiger partial charge on any atom is -0.479 e. The molecule has 9 N–H and O–H groups in total. The molecule has 77 heavy (non-hydrogen) atoms. The summed E-state index contributed by atoms with van der Waals surface area (Å²) in [7, 11) is 0. The first-order valence-corrected chi connectivity index (χ1v) is 30.2. The van der Waals surface area contributed by atoms with Gasteiger partial charge in [0.1, 0.15) is 48.4 Å². The van der Waals surface area contributed by atoms with Crippen molar-refractivity contribution in [2.24, 2.45) is 64.1 Å². The summed E-state index contributed by atoms with van der Waals surface area (Å²) in [6, 6.07) is -1.29. The number of ether oxygens (including phenoxy) is 6. The number of aliphatic hydroxyl groups excluding tert-OH is 7. The van der Waals surface area contributed by atoms with E-state index in [2.05, 4.69) is 33.0 Å². The summed E-state index contributed by atoms with van der Waals surface area (Å²) in [5.41, 5.74) is -0.172. The lowest BCUT2D eigenvalue weighted by atomic mass is 9.43. The number of hydrogen-bond donors (Lipinski definition) is 9. The second-order valence-electron chi connectivity index (χ2n) is 26.1. The van der Waals surface area contributed by atoms with Crippen LogP contribution in [0.2, 0.25) is 0 Å². The highest BCUT2D eigenvalue weighted by atomic mass is 16.7. The van der Waals surface area contributed by atoms with Gasteiger partial charge in [-0.3, -0.25) is 9.59 Å². The lowest BCUT2D eigenvalue weighted by Gasteiger charge is -2.63. The van der Waals surface area contributed by atoms with Crippen molar-refractivity contribution < 1.29 is 83.7 Å². The summed E-state index contributed by atoms with van der Waals surface area (Å²) in [4.78, 5) is 40.1. The Bertz CT molecular complexity index is 1940. The minimum absolute atomic E-state index is 0.000369. The van der Waals surface area contributed by atoms with Crippen LogP contribution in [0.25, 0.3) is 0 Å². The quantitative estimate of drug-likeness (QED) is 0.0670. The van der Waals surface area contributed by atoms with Crippen molar-refractivity contribution in [3.63, 3.8) is 0 Å². The smallest absolute Gasteiger partial charge is 0.332 e. The van der Waals surface area contributed by atoms with E-state index in [1.807, 2.05) is 6.92 Å². The van der Waals surface area contributed by atoms with Gasteiger partial charge in [-0.2, -0.15) is 0 Å². The highest BCUT2D eigenvalue weighted by Crippen LogP contribution is 2.68. The molecule has 5 unspecified atom stereocenters. The monoisotopic (exact) mass is 1090 g/mol. The maximum atomic E-state index is 14.4. The molecule has 18 nitrogen and oxygen atoms in total. The second-order valence-corrected chi connectivity index (χ2v) is 26.1. The Morgan fingerprint density at radius 3 is 2.22 bits per heavy atom. The predicted molar refractivity (Wildman–Crippen MR) is 282 cm³/mol. The lowest BCUT2D eigenvalue weighted by molar-refractivity contribution is -0.338. The largest absolute Gasteiger partial charge is 0.479 e. The van der Waals surface area contributed by atoms with Crippen molar-refractivity contribution in [3.05, 3.63) is 0 Å². The molecule has 0 aromatic heterocycles. The zero-order chi connectivity index (χ0) is 55.7. The molecule has 0 bridgehead atoms. The summed E-state index contributed by atoms with van der Waals surface area (Å²) in [5, 5.41) is 91.8. The first-order valence-electron chi connectivity index (χ1n) is 30.2. The standard InChI is InChI=1S/C59H99NO17/c1-8-14-30(3)38-18-19-39-47-40(28-46(65)59(38,39)7)58(6)21-20-37(26-36(58)27-42(47)64)72-22-13-17-41(63)35-24-34(9-2)53(77-57-52(69)51(68)49(66)31(4)73-57)43(25-35)75-56-48(60-32(5)62)54(50(67)45(29-61)76-56)74-44(55(70)71)23-33-15-11-10-12-16-33/h30-31,33-40,42-54,56-57,61,64-69H,8-29H2,1-7H3,(H,60,62)(H,70,71)/t30-,31+,34-,35?,36+,37-,38-,39+,40+,42-,43-,44+,45+,46+,47+,48?,49+,50+,51?,52+,53-,54?,56-,57?,58+,59-/m1/s1. The van der Waals surface area contributed by atoms with E-state index in [9.17, 15) is 55.2 Å². The van der Waals surface area contributed by atoms with Crippen LogP contribution in [0.3, 0.4) is 0 Å². The number of aliphatic hydroxyl groups is 7. The first-order chi connectivity index (χ1) is 36.6. The molecule has 2 saturated heterocycles. The average Bonchev–Trinajstić information content (AvgIpc) is 4.07. The summed E-state index contributed by atoms with van der Waals surface area (Å²) in [6.07, 6.45) is -1.59. The third-order valence-electron chi connectivity index (χ3n) is 21.6. The summed E-state index contributed by atoms with van der Waals surface area (Å²) in [5.74, 6) is -0.578. The number of hydrogen-bond acceptors (Lipinski definition) is 16. The van der Waals surface area contributed by atoms with Crippen LogP contribution in [0.1, 0.15) is 177 Å². The zero-order valence-corrected chi connectivity index (χ0v) is 47.2. The summed E-state index contributed by atoms with van der Waals surface area (Å²) in [6.45, 7) is 13.7. The molecule has 2 aliphatic heterocycles. The maximum Gasteiger partial charge on any atom is 0.332 e. The van der Waals surface area contributed by atoms with Crippen LogP contribution < -0.4 is 5.32 Å². The average molecular weight is 1090 g/mol. The molecule has 26 atom stereocenters. The van der Waals surface area contributed by atoms with Gasteiger partial charge >= 0.3 is 5.97 Å². The van der Waals surface area contributed by atoms with Gasteiger partial charge in [0.25, 0.3) is 0 Å². The zero-order valence-electron chi connectivity index (χ0n) is 47.2. The van der Waals surface area contributed by atoms with E-state index in [4.69, 9.17) is 28.4 Å². The minimum atomic E-state index is -1.64. The van der Waals surface area contributed by atoms with Crippen LogP contribution in [0.15, 0.2) is 0 Å². The van der Waals surface area contributed by atoms with Crippen molar-refractivity contribution in [2.75, 3.05) is 13.2 Å². The number of aliphatic carboxylic acids is 1. The molecule has 1 amide bonds. The van der Waals surface area contributed by atoms with E-state index >= 15 is 0 Å². The van der Waals surface area contributed by atoms with Crippen molar-refractivity contribution in [1.29, 1.82) is 0 Å². The molecule has 0 aromatic rings. The second kappa shape index (κ2) is 26.1. The Morgan fingerprint density at radius 2 is 1.55 bits per heavy atom. The fraction of sp³-hybridized carbons (Fsp3) is 0.949. The number of carboxylic acid groups (broad SMARTS) is 1. The van der Waals surface area contributed by atoms with E-state index in [1.54, 1.807) is 6.92 Å². The molecule has 442 valence electrons. The van der Waals surface area contributed by atoms with Crippen LogP contribution in [-0.2, 0) is 42.8 Å². The number of amides is 1. The molecule has 6 saturated carbocycles. The van der Waals surface area contributed by atoms with Gasteiger partial charge in [0.05, 0.1) is 43.2 Å². The van der Waals surface area contributed by atoms with Gasteiger partial charge in [-0.25, -0.2) is 4.79 Å². The van der Waals surface area contributed by atoms with Gasteiger partial charge in [0, 0.05) is 25.9 Å². The number of carbonyl (C=O) groups excluding carboxylic acids is 2. The Balaban J connectivity index is 0.939.